The van der Waals surface area contributed by atoms with Crippen molar-refractivity contribution in [3.05, 3.63) is 40.6 Å². The maximum Gasteiger partial charge on any atom is 0.265 e. The van der Waals surface area contributed by atoms with E-state index in [0.717, 1.165) is 5.56 Å². The molecule has 0 atom stereocenters. The van der Waals surface area contributed by atoms with E-state index in [1.165, 1.54) is 18.5 Å². The van der Waals surface area contributed by atoms with Crippen LogP contribution < -0.4 is 10.5 Å². The van der Waals surface area contributed by atoms with E-state index in [4.69, 9.17) is 5.73 Å². The normalized spacial score (nSPS) is 11.3. The number of nitrogens with two attached hydrogens (primary N) is 1. The first-order chi connectivity index (χ1) is 9.03. The van der Waals surface area contributed by atoms with Gasteiger partial charge in [-0.1, -0.05) is 6.07 Å². The third kappa shape index (κ3) is 3.25. The molecule has 0 radical (unpaired) electrons. The molecule has 7 nitrogen and oxygen atoms in total. The number of aromatic nitrogens is 3. The van der Waals surface area contributed by atoms with Gasteiger partial charge in [0, 0.05) is 11.0 Å². The number of nitrogens with one attached hydrogen (secondary N) is 1. The van der Waals surface area contributed by atoms with Gasteiger partial charge >= 0.3 is 0 Å². The molecule has 100 valence electrons. The van der Waals surface area contributed by atoms with Gasteiger partial charge in [0.15, 0.2) is 0 Å². The Morgan fingerprint density at radius 2 is 2.11 bits per heavy atom. The molecule has 9 heteroatoms. The predicted octanol–water partition coefficient (Wildman–Crippen LogP) is 0.894. The van der Waals surface area contributed by atoms with Crippen molar-refractivity contribution in [3.63, 3.8) is 0 Å². The molecule has 0 aliphatic rings. The Morgan fingerprint density at radius 3 is 2.68 bits per heavy atom. The van der Waals surface area contributed by atoms with Gasteiger partial charge in [0.05, 0.1) is 12.4 Å². The smallest absolute Gasteiger partial charge is 0.265 e. The lowest BCUT2D eigenvalue weighted by Gasteiger charge is -2.08. The Morgan fingerprint density at radius 1 is 1.32 bits per heavy atom. The second-order valence-electron chi connectivity index (χ2n) is 3.54. The maximum atomic E-state index is 12.1. The zero-order valence-electron chi connectivity index (χ0n) is 9.62. The Hall–Kier alpha value is -1.58. The van der Waals surface area contributed by atoms with Crippen molar-refractivity contribution in [2.75, 3.05) is 4.72 Å². The molecule has 1 heterocycles. The minimum atomic E-state index is -3.77. The van der Waals surface area contributed by atoms with Gasteiger partial charge in [0.2, 0.25) is 0 Å². The summed E-state index contributed by atoms with van der Waals surface area (Å²) in [5, 5.41) is 7.11. The maximum absolute atomic E-state index is 12.1. The number of hydrogen-bond donors (Lipinski definition) is 2. The van der Waals surface area contributed by atoms with Crippen LogP contribution >= 0.6 is 15.9 Å². The summed E-state index contributed by atoms with van der Waals surface area (Å²) in [7, 11) is -3.77. The van der Waals surface area contributed by atoms with Crippen LogP contribution in [0.4, 0.5) is 5.95 Å². The van der Waals surface area contributed by atoms with Gasteiger partial charge in [-0.05, 0) is 33.6 Å². The standard InChI is InChI=1S/C10H10BrN5O2S/c11-8-5-7(6-12)1-2-9(8)19(17,18)16-10-13-3-4-14-15-10/h1-5H,6,12H2,(H,13,15,16). The Kier molecular flexibility index (Phi) is 4.08. The van der Waals surface area contributed by atoms with Crippen LogP contribution in [-0.4, -0.2) is 23.6 Å². The van der Waals surface area contributed by atoms with Crippen molar-refractivity contribution in [2.24, 2.45) is 5.73 Å². The Bertz CT molecular complexity index is 678. The van der Waals surface area contributed by atoms with Crippen LogP contribution in [-0.2, 0) is 16.6 Å². The van der Waals surface area contributed by atoms with E-state index in [1.54, 1.807) is 12.1 Å². The number of halogens is 1. The molecule has 19 heavy (non-hydrogen) atoms. The summed E-state index contributed by atoms with van der Waals surface area (Å²) in [4.78, 5) is 3.83. The molecule has 0 bridgehead atoms. The molecule has 2 rings (SSSR count). The number of nitrogens with zero attached hydrogens (tertiary/aromatic N) is 3. The highest BCUT2D eigenvalue weighted by Gasteiger charge is 2.19. The van der Waals surface area contributed by atoms with Crippen LogP contribution in [0.5, 0.6) is 0 Å². The average Bonchev–Trinajstić information content (AvgIpc) is 2.38. The van der Waals surface area contributed by atoms with Crippen LogP contribution in [0.1, 0.15) is 5.56 Å². The van der Waals surface area contributed by atoms with Crippen molar-refractivity contribution in [2.45, 2.75) is 11.4 Å². The average molecular weight is 344 g/mol. The highest BCUT2D eigenvalue weighted by atomic mass is 79.9. The van der Waals surface area contributed by atoms with E-state index in [-0.39, 0.29) is 10.8 Å². The molecule has 1 aromatic heterocycles. The van der Waals surface area contributed by atoms with Gasteiger partial charge in [-0.3, -0.25) is 0 Å². The lowest BCUT2D eigenvalue weighted by molar-refractivity contribution is 0.600. The highest BCUT2D eigenvalue weighted by Crippen LogP contribution is 2.24. The first-order valence-electron chi connectivity index (χ1n) is 5.18. The molecule has 0 aliphatic carbocycles. The molecular weight excluding hydrogens is 334 g/mol. The van der Waals surface area contributed by atoms with Gasteiger partial charge in [0.1, 0.15) is 4.90 Å². The molecular formula is C10H10BrN5O2S. The lowest BCUT2D eigenvalue weighted by Crippen LogP contribution is -2.16. The molecule has 0 unspecified atom stereocenters. The van der Waals surface area contributed by atoms with Crippen molar-refractivity contribution < 1.29 is 8.42 Å². The Balaban J connectivity index is 2.35. The minimum absolute atomic E-state index is 0.0807. The van der Waals surface area contributed by atoms with Crippen molar-refractivity contribution in [1.29, 1.82) is 0 Å². The molecule has 1 aromatic carbocycles. The summed E-state index contributed by atoms with van der Waals surface area (Å²) in [6.07, 6.45) is 2.70. The molecule has 0 saturated heterocycles. The summed E-state index contributed by atoms with van der Waals surface area (Å²) in [5.74, 6) is -0.0858. The molecule has 0 spiro atoms. The lowest BCUT2D eigenvalue weighted by atomic mass is 10.2. The highest BCUT2D eigenvalue weighted by molar-refractivity contribution is 9.10. The number of rotatable bonds is 4. The topological polar surface area (TPSA) is 111 Å². The largest absolute Gasteiger partial charge is 0.326 e. The fraction of sp³-hybridized carbons (Fsp3) is 0.100. The summed E-state index contributed by atoms with van der Waals surface area (Å²) >= 11 is 3.21. The Labute approximate surface area is 118 Å². The summed E-state index contributed by atoms with van der Waals surface area (Å²) in [5.41, 5.74) is 6.31. The zero-order valence-corrected chi connectivity index (χ0v) is 12.0. The van der Waals surface area contributed by atoms with E-state index in [9.17, 15) is 8.42 Å². The second-order valence-corrected chi connectivity index (χ2v) is 6.05. The van der Waals surface area contributed by atoms with Gasteiger partial charge < -0.3 is 5.73 Å². The van der Waals surface area contributed by atoms with Crippen LogP contribution in [0.3, 0.4) is 0 Å². The summed E-state index contributed by atoms with van der Waals surface area (Å²) in [6, 6.07) is 4.76. The van der Waals surface area contributed by atoms with Crippen LogP contribution in [0.2, 0.25) is 0 Å². The van der Waals surface area contributed by atoms with Crippen molar-refractivity contribution >= 4 is 31.9 Å². The molecule has 3 N–H and O–H groups in total. The quantitative estimate of drug-likeness (QED) is 0.852. The summed E-state index contributed by atoms with van der Waals surface area (Å²) < 4.78 is 26.9. The molecule has 0 saturated carbocycles. The zero-order chi connectivity index (χ0) is 13.9. The van der Waals surface area contributed by atoms with E-state index in [2.05, 4.69) is 35.8 Å². The third-order valence-electron chi connectivity index (χ3n) is 2.23. The summed E-state index contributed by atoms with van der Waals surface area (Å²) in [6.45, 7) is 0.331. The fourth-order valence-electron chi connectivity index (χ4n) is 1.36. The number of hydrogen-bond acceptors (Lipinski definition) is 6. The van der Waals surface area contributed by atoms with Crippen LogP contribution in [0.25, 0.3) is 0 Å². The first-order valence-corrected chi connectivity index (χ1v) is 7.45. The first kappa shape index (κ1) is 13.8. The third-order valence-corrected chi connectivity index (χ3v) is 4.53. The van der Waals surface area contributed by atoms with Crippen LogP contribution in [0, 0.1) is 0 Å². The number of anilines is 1. The van der Waals surface area contributed by atoms with E-state index < -0.39 is 10.0 Å². The molecule has 0 fully saturated rings. The van der Waals surface area contributed by atoms with E-state index >= 15 is 0 Å². The van der Waals surface area contributed by atoms with E-state index in [0.29, 0.717) is 11.0 Å². The SMILES string of the molecule is NCc1ccc(S(=O)(=O)Nc2nccnn2)c(Br)c1. The number of sulfonamides is 1. The fourth-order valence-corrected chi connectivity index (χ4v) is 3.43. The monoisotopic (exact) mass is 343 g/mol. The number of benzene rings is 1. The molecule has 0 amide bonds. The van der Waals surface area contributed by atoms with Gasteiger partial charge in [0.25, 0.3) is 16.0 Å². The van der Waals surface area contributed by atoms with Crippen molar-refractivity contribution in [3.8, 4) is 0 Å². The van der Waals surface area contributed by atoms with Crippen LogP contribution in [0.15, 0.2) is 40.0 Å². The predicted molar refractivity (Wildman–Crippen MR) is 72.7 cm³/mol. The molecule has 0 aliphatic heterocycles. The van der Waals surface area contributed by atoms with Gasteiger partial charge in [-0.25, -0.2) is 18.1 Å². The van der Waals surface area contributed by atoms with Gasteiger partial charge in [-0.15, -0.1) is 5.10 Å². The van der Waals surface area contributed by atoms with E-state index in [1.807, 2.05) is 0 Å². The second kappa shape index (κ2) is 5.59. The van der Waals surface area contributed by atoms with Gasteiger partial charge in [-0.2, -0.15) is 5.10 Å². The van der Waals surface area contributed by atoms with Crippen molar-refractivity contribution in [1.82, 2.24) is 15.2 Å². The molecule has 2 aromatic rings. The minimum Gasteiger partial charge on any atom is -0.326 e.